The van der Waals surface area contributed by atoms with Gasteiger partial charge in [0.05, 0.1) is 17.5 Å². The minimum Gasteiger partial charge on any atom is -0.334 e. The summed E-state index contributed by atoms with van der Waals surface area (Å²) < 4.78 is 25.5. The van der Waals surface area contributed by atoms with Gasteiger partial charge in [0.1, 0.15) is 5.82 Å². The van der Waals surface area contributed by atoms with Gasteiger partial charge in [-0.3, -0.25) is 0 Å². The molecule has 1 saturated heterocycles. The van der Waals surface area contributed by atoms with E-state index in [1.165, 1.54) is 0 Å². The highest BCUT2D eigenvalue weighted by atomic mass is 32.2. The first-order valence-electron chi connectivity index (χ1n) is 7.02. The molecule has 19 heavy (non-hydrogen) atoms. The first kappa shape index (κ1) is 14.5. The summed E-state index contributed by atoms with van der Waals surface area (Å²) in [6, 6.07) is 0.0452. The largest absolute Gasteiger partial charge is 0.334 e. The summed E-state index contributed by atoms with van der Waals surface area (Å²) in [6.07, 6.45) is 5.57. The standard InChI is InChI=1S/C13H23N3O2S/c1-3-7-16-8-6-15-13(16)12(14-4-2)11-5-9-19(17,18)10-11/h6,8,11-12,14H,3-5,7,9-10H2,1-2H3. The van der Waals surface area contributed by atoms with Gasteiger partial charge in [-0.25, -0.2) is 13.4 Å². The lowest BCUT2D eigenvalue weighted by Gasteiger charge is -2.24. The summed E-state index contributed by atoms with van der Waals surface area (Å²) in [5.74, 6) is 1.71. The van der Waals surface area contributed by atoms with Crippen LogP contribution < -0.4 is 5.32 Å². The van der Waals surface area contributed by atoms with E-state index in [0.717, 1.165) is 31.8 Å². The summed E-state index contributed by atoms with van der Waals surface area (Å²) in [4.78, 5) is 4.45. The van der Waals surface area contributed by atoms with E-state index in [-0.39, 0.29) is 17.7 Å². The summed E-state index contributed by atoms with van der Waals surface area (Å²) in [5.41, 5.74) is 0. The third-order valence-corrected chi connectivity index (χ3v) is 5.45. The SMILES string of the molecule is CCCn1ccnc1C(NCC)C1CCS(=O)(=O)C1. The number of imidazole rings is 1. The Bertz CT molecular complexity index is 510. The highest BCUT2D eigenvalue weighted by Crippen LogP contribution is 2.30. The van der Waals surface area contributed by atoms with Crippen LogP contribution in [0.25, 0.3) is 0 Å². The van der Waals surface area contributed by atoms with Gasteiger partial charge in [0.25, 0.3) is 0 Å². The molecule has 0 aliphatic carbocycles. The smallest absolute Gasteiger partial charge is 0.150 e. The number of aromatic nitrogens is 2. The fourth-order valence-corrected chi connectivity index (χ4v) is 4.64. The zero-order chi connectivity index (χ0) is 13.9. The summed E-state index contributed by atoms with van der Waals surface area (Å²) in [6.45, 7) is 5.92. The van der Waals surface area contributed by atoms with Crippen LogP contribution in [-0.2, 0) is 16.4 Å². The van der Waals surface area contributed by atoms with E-state index < -0.39 is 9.84 Å². The molecule has 2 rings (SSSR count). The number of aryl methyl sites for hydroxylation is 1. The fourth-order valence-electron chi connectivity index (χ4n) is 2.80. The van der Waals surface area contributed by atoms with Gasteiger partial charge in [-0.1, -0.05) is 13.8 Å². The lowest BCUT2D eigenvalue weighted by Crippen LogP contribution is -2.31. The molecule has 2 heterocycles. The van der Waals surface area contributed by atoms with Crippen molar-refractivity contribution in [1.82, 2.24) is 14.9 Å². The van der Waals surface area contributed by atoms with E-state index >= 15 is 0 Å². The van der Waals surface area contributed by atoms with Crippen molar-refractivity contribution in [3.05, 3.63) is 18.2 Å². The Hall–Kier alpha value is -0.880. The molecule has 2 unspecified atom stereocenters. The maximum absolute atomic E-state index is 11.7. The molecule has 0 saturated carbocycles. The molecule has 1 aromatic heterocycles. The summed E-state index contributed by atoms with van der Waals surface area (Å²) in [5, 5.41) is 3.42. The molecule has 1 fully saturated rings. The topological polar surface area (TPSA) is 64.0 Å². The van der Waals surface area contributed by atoms with Crippen molar-refractivity contribution in [3.63, 3.8) is 0 Å². The van der Waals surface area contributed by atoms with Crippen LogP contribution in [0.3, 0.4) is 0 Å². The van der Waals surface area contributed by atoms with Crippen molar-refractivity contribution in [3.8, 4) is 0 Å². The number of nitrogens with zero attached hydrogens (tertiary/aromatic N) is 2. The average Bonchev–Trinajstić information content (AvgIpc) is 2.93. The highest BCUT2D eigenvalue weighted by Gasteiger charge is 2.35. The van der Waals surface area contributed by atoms with Crippen molar-refractivity contribution < 1.29 is 8.42 Å². The Balaban J connectivity index is 2.22. The molecule has 0 radical (unpaired) electrons. The predicted molar refractivity (Wildman–Crippen MR) is 75.7 cm³/mol. The van der Waals surface area contributed by atoms with Crippen LogP contribution in [0, 0.1) is 5.92 Å². The Morgan fingerprint density at radius 2 is 2.32 bits per heavy atom. The maximum atomic E-state index is 11.7. The second kappa shape index (κ2) is 6.05. The van der Waals surface area contributed by atoms with Gasteiger partial charge in [-0.15, -0.1) is 0 Å². The van der Waals surface area contributed by atoms with Gasteiger partial charge in [-0.2, -0.15) is 0 Å². The lowest BCUT2D eigenvalue weighted by molar-refractivity contribution is 0.370. The minimum absolute atomic E-state index is 0.0452. The van der Waals surface area contributed by atoms with Crippen LogP contribution in [0.2, 0.25) is 0 Å². The molecule has 108 valence electrons. The molecule has 0 bridgehead atoms. The summed E-state index contributed by atoms with van der Waals surface area (Å²) in [7, 11) is -2.85. The molecule has 0 aromatic carbocycles. The molecule has 2 atom stereocenters. The van der Waals surface area contributed by atoms with Gasteiger partial charge in [0.15, 0.2) is 9.84 Å². The van der Waals surface area contributed by atoms with Gasteiger partial charge in [0.2, 0.25) is 0 Å². The Morgan fingerprint density at radius 1 is 1.53 bits per heavy atom. The van der Waals surface area contributed by atoms with Crippen molar-refractivity contribution in [2.24, 2.45) is 5.92 Å². The Labute approximate surface area is 115 Å². The molecule has 1 aromatic rings. The molecule has 1 N–H and O–H groups in total. The quantitative estimate of drug-likeness (QED) is 0.857. The first-order chi connectivity index (χ1) is 9.07. The highest BCUT2D eigenvalue weighted by molar-refractivity contribution is 7.91. The minimum atomic E-state index is -2.85. The van der Waals surface area contributed by atoms with Crippen LogP contribution in [0.4, 0.5) is 0 Å². The number of hydrogen-bond acceptors (Lipinski definition) is 4. The van der Waals surface area contributed by atoms with E-state index in [4.69, 9.17) is 0 Å². The van der Waals surface area contributed by atoms with Crippen molar-refractivity contribution in [1.29, 1.82) is 0 Å². The number of rotatable bonds is 6. The molecule has 0 amide bonds. The first-order valence-corrected chi connectivity index (χ1v) is 8.84. The van der Waals surface area contributed by atoms with Crippen LogP contribution in [-0.4, -0.2) is 36.0 Å². The van der Waals surface area contributed by atoms with E-state index in [2.05, 4.69) is 21.8 Å². The van der Waals surface area contributed by atoms with E-state index in [1.54, 1.807) is 6.20 Å². The maximum Gasteiger partial charge on any atom is 0.150 e. The van der Waals surface area contributed by atoms with Crippen LogP contribution >= 0.6 is 0 Å². The van der Waals surface area contributed by atoms with E-state index in [9.17, 15) is 8.42 Å². The third kappa shape index (κ3) is 3.36. The molecular formula is C13H23N3O2S. The Morgan fingerprint density at radius 3 is 2.89 bits per heavy atom. The van der Waals surface area contributed by atoms with Gasteiger partial charge in [-0.05, 0) is 25.3 Å². The summed E-state index contributed by atoms with van der Waals surface area (Å²) >= 11 is 0. The number of nitrogens with one attached hydrogen (secondary N) is 1. The van der Waals surface area contributed by atoms with Crippen LogP contribution in [0.15, 0.2) is 12.4 Å². The van der Waals surface area contributed by atoms with Gasteiger partial charge < -0.3 is 9.88 Å². The fraction of sp³-hybridized carbons (Fsp3) is 0.769. The predicted octanol–water partition coefficient (Wildman–Crippen LogP) is 1.38. The van der Waals surface area contributed by atoms with E-state index in [1.807, 2.05) is 13.1 Å². The van der Waals surface area contributed by atoms with Gasteiger partial charge in [0, 0.05) is 18.9 Å². The van der Waals surface area contributed by atoms with E-state index in [0.29, 0.717) is 5.75 Å². The Kier molecular flexibility index (Phi) is 4.62. The average molecular weight is 285 g/mol. The zero-order valence-electron chi connectivity index (χ0n) is 11.7. The molecule has 5 nitrogen and oxygen atoms in total. The van der Waals surface area contributed by atoms with Crippen LogP contribution in [0.5, 0.6) is 0 Å². The molecule has 1 aliphatic heterocycles. The second-order valence-electron chi connectivity index (χ2n) is 5.18. The van der Waals surface area contributed by atoms with Crippen molar-refractivity contribution in [2.75, 3.05) is 18.1 Å². The van der Waals surface area contributed by atoms with Gasteiger partial charge >= 0.3 is 0 Å². The molecule has 6 heteroatoms. The van der Waals surface area contributed by atoms with Crippen LogP contribution in [0.1, 0.15) is 38.6 Å². The zero-order valence-corrected chi connectivity index (χ0v) is 12.5. The van der Waals surface area contributed by atoms with Crippen molar-refractivity contribution in [2.45, 2.75) is 39.3 Å². The molecule has 1 aliphatic rings. The third-order valence-electron chi connectivity index (χ3n) is 3.65. The monoisotopic (exact) mass is 285 g/mol. The number of hydrogen-bond donors (Lipinski definition) is 1. The molecule has 0 spiro atoms. The normalized spacial score (nSPS) is 23.6. The molecular weight excluding hydrogens is 262 g/mol. The second-order valence-corrected chi connectivity index (χ2v) is 7.41. The van der Waals surface area contributed by atoms with Crippen molar-refractivity contribution >= 4 is 9.84 Å². The lowest BCUT2D eigenvalue weighted by atomic mass is 9.98. The number of sulfone groups is 1.